The number of sulfonamides is 1. The Morgan fingerprint density at radius 2 is 1.85 bits per heavy atom. The van der Waals surface area contributed by atoms with Gasteiger partial charge in [0.1, 0.15) is 0 Å². The van der Waals surface area contributed by atoms with E-state index in [1.807, 2.05) is 6.07 Å². The molecule has 2 aromatic rings. The molecule has 0 aliphatic carbocycles. The largest absolute Gasteiger partial charge is 0.241 e. The Morgan fingerprint density at radius 3 is 2.50 bits per heavy atom. The van der Waals surface area contributed by atoms with E-state index in [1.54, 1.807) is 49.4 Å². The van der Waals surface area contributed by atoms with Crippen molar-refractivity contribution in [2.24, 2.45) is 0 Å². The molecule has 0 spiro atoms. The summed E-state index contributed by atoms with van der Waals surface area (Å²) in [5.41, 5.74) is 0.743. The minimum absolute atomic E-state index is 0.214. The van der Waals surface area contributed by atoms with Gasteiger partial charge in [0.25, 0.3) is 0 Å². The number of hydrogen-bond donors (Lipinski definition) is 1. The third-order valence-corrected chi connectivity index (χ3v) is 5.19. The second-order valence-corrected chi connectivity index (χ2v) is 7.36. The maximum atomic E-state index is 12.3. The molecule has 2 rings (SSSR count). The first-order chi connectivity index (χ1) is 9.40. The van der Waals surface area contributed by atoms with Crippen molar-refractivity contribution in [1.82, 2.24) is 4.72 Å². The smallest absolute Gasteiger partial charge is 0.207 e. The van der Waals surface area contributed by atoms with Gasteiger partial charge < -0.3 is 0 Å². The van der Waals surface area contributed by atoms with Crippen LogP contribution in [0.15, 0.2) is 57.9 Å². The maximum Gasteiger partial charge on any atom is 0.241 e. The standard InChI is InChI=1S/C14H13BrClNO2S/c1-10(13-7-2-3-8-14(13)16)17-20(18,19)12-6-4-5-11(15)9-12/h2-10,17H,1H3/t10-/m1/s1. The zero-order chi connectivity index (χ0) is 14.8. The van der Waals surface area contributed by atoms with Gasteiger partial charge in [-0.2, -0.15) is 0 Å². The predicted molar refractivity (Wildman–Crippen MR) is 84.3 cm³/mol. The number of halogens is 2. The second kappa shape index (κ2) is 6.26. The summed E-state index contributed by atoms with van der Waals surface area (Å²) in [6, 6.07) is 13.3. The average molecular weight is 375 g/mol. The van der Waals surface area contributed by atoms with Gasteiger partial charge in [-0.15, -0.1) is 0 Å². The molecule has 0 bridgehead atoms. The van der Waals surface area contributed by atoms with E-state index in [4.69, 9.17) is 11.6 Å². The summed E-state index contributed by atoms with van der Waals surface area (Å²) in [5, 5.41) is 0.539. The molecule has 20 heavy (non-hydrogen) atoms. The van der Waals surface area contributed by atoms with Crippen LogP contribution in [0.4, 0.5) is 0 Å². The topological polar surface area (TPSA) is 46.2 Å². The van der Waals surface area contributed by atoms with E-state index < -0.39 is 16.1 Å². The summed E-state index contributed by atoms with van der Waals surface area (Å²) in [5.74, 6) is 0. The number of nitrogens with one attached hydrogen (secondary N) is 1. The fourth-order valence-corrected chi connectivity index (χ4v) is 3.94. The fraction of sp³-hybridized carbons (Fsp3) is 0.143. The van der Waals surface area contributed by atoms with E-state index in [0.717, 1.165) is 5.56 Å². The summed E-state index contributed by atoms with van der Waals surface area (Å²) in [6.07, 6.45) is 0. The van der Waals surface area contributed by atoms with E-state index in [-0.39, 0.29) is 4.90 Å². The first-order valence-corrected chi connectivity index (χ1v) is 8.58. The molecule has 3 nitrogen and oxygen atoms in total. The summed E-state index contributed by atoms with van der Waals surface area (Å²) >= 11 is 9.34. The molecule has 0 heterocycles. The van der Waals surface area contributed by atoms with Gasteiger partial charge in [-0.25, -0.2) is 13.1 Å². The van der Waals surface area contributed by atoms with Crippen molar-refractivity contribution in [1.29, 1.82) is 0 Å². The van der Waals surface area contributed by atoms with Crippen molar-refractivity contribution in [2.75, 3.05) is 0 Å². The lowest BCUT2D eigenvalue weighted by atomic mass is 10.1. The molecule has 2 aromatic carbocycles. The van der Waals surface area contributed by atoms with Crippen molar-refractivity contribution in [2.45, 2.75) is 17.9 Å². The second-order valence-electron chi connectivity index (χ2n) is 4.32. The van der Waals surface area contributed by atoms with Gasteiger partial charge in [0, 0.05) is 15.5 Å². The Bertz CT molecular complexity index is 719. The van der Waals surface area contributed by atoms with E-state index in [2.05, 4.69) is 20.7 Å². The van der Waals surface area contributed by atoms with Crippen LogP contribution in [0.25, 0.3) is 0 Å². The van der Waals surface area contributed by atoms with Gasteiger partial charge >= 0.3 is 0 Å². The van der Waals surface area contributed by atoms with Gasteiger partial charge in [0.05, 0.1) is 4.90 Å². The molecule has 0 aliphatic heterocycles. The van der Waals surface area contributed by atoms with E-state index >= 15 is 0 Å². The molecule has 6 heteroatoms. The van der Waals surface area contributed by atoms with E-state index in [1.165, 1.54) is 0 Å². The van der Waals surface area contributed by atoms with Crippen LogP contribution in [-0.2, 0) is 10.0 Å². The Morgan fingerprint density at radius 1 is 1.15 bits per heavy atom. The maximum absolute atomic E-state index is 12.3. The van der Waals surface area contributed by atoms with Crippen LogP contribution in [0, 0.1) is 0 Å². The normalized spacial score (nSPS) is 13.2. The van der Waals surface area contributed by atoms with Gasteiger partial charge in [-0.3, -0.25) is 0 Å². The zero-order valence-electron chi connectivity index (χ0n) is 10.7. The Hall–Kier alpha value is -0.880. The third-order valence-electron chi connectivity index (χ3n) is 2.81. The highest BCUT2D eigenvalue weighted by Gasteiger charge is 2.19. The zero-order valence-corrected chi connectivity index (χ0v) is 13.8. The van der Waals surface area contributed by atoms with Crippen LogP contribution >= 0.6 is 27.5 Å². The molecule has 0 unspecified atom stereocenters. The molecule has 0 radical (unpaired) electrons. The number of rotatable bonds is 4. The minimum Gasteiger partial charge on any atom is -0.207 e. The van der Waals surface area contributed by atoms with Crippen LogP contribution in [0.2, 0.25) is 5.02 Å². The van der Waals surface area contributed by atoms with Crippen LogP contribution in [0.1, 0.15) is 18.5 Å². The first kappa shape index (κ1) is 15.5. The molecule has 0 saturated carbocycles. The van der Waals surface area contributed by atoms with Gasteiger partial charge in [0.15, 0.2) is 0 Å². The summed E-state index contributed by atoms with van der Waals surface area (Å²) in [6.45, 7) is 1.76. The molecule has 0 aromatic heterocycles. The lowest BCUT2D eigenvalue weighted by molar-refractivity contribution is 0.567. The van der Waals surface area contributed by atoms with Crippen molar-refractivity contribution in [3.05, 3.63) is 63.6 Å². The minimum atomic E-state index is -3.59. The average Bonchev–Trinajstić information content (AvgIpc) is 2.38. The Kier molecular flexibility index (Phi) is 4.86. The van der Waals surface area contributed by atoms with Crippen molar-refractivity contribution >= 4 is 37.6 Å². The van der Waals surface area contributed by atoms with Gasteiger partial charge in [-0.05, 0) is 36.8 Å². The SMILES string of the molecule is C[C@@H](NS(=O)(=O)c1cccc(Br)c1)c1ccccc1Cl. The Labute approximate surface area is 132 Å². The molecule has 1 atom stereocenters. The van der Waals surface area contributed by atoms with Crippen molar-refractivity contribution < 1.29 is 8.42 Å². The van der Waals surface area contributed by atoms with Crippen LogP contribution < -0.4 is 4.72 Å². The molecular formula is C14H13BrClNO2S. The molecule has 0 amide bonds. The molecule has 1 N–H and O–H groups in total. The van der Waals surface area contributed by atoms with Crippen LogP contribution in [0.3, 0.4) is 0 Å². The van der Waals surface area contributed by atoms with Gasteiger partial charge in [0.2, 0.25) is 10.0 Å². The highest BCUT2D eigenvalue weighted by molar-refractivity contribution is 9.10. The highest BCUT2D eigenvalue weighted by Crippen LogP contribution is 2.24. The summed E-state index contributed by atoms with van der Waals surface area (Å²) in [4.78, 5) is 0.214. The van der Waals surface area contributed by atoms with Crippen molar-refractivity contribution in [3.63, 3.8) is 0 Å². The van der Waals surface area contributed by atoms with Crippen molar-refractivity contribution in [3.8, 4) is 0 Å². The molecular weight excluding hydrogens is 362 g/mol. The van der Waals surface area contributed by atoms with E-state index in [9.17, 15) is 8.42 Å². The van der Waals surface area contributed by atoms with Gasteiger partial charge in [-0.1, -0.05) is 51.8 Å². The predicted octanol–water partition coefficient (Wildman–Crippen LogP) is 4.14. The van der Waals surface area contributed by atoms with Crippen LogP contribution in [-0.4, -0.2) is 8.42 Å². The fourth-order valence-electron chi connectivity index (χ4n) is 1.82. The van der Waals surface area contributed by atoms with Crippen LogP contribution in [0.5, 0.6) is 0 Å². The highest BCUT2D eigenvalue weighted by atomic mass is 79.9. The molecule has 0 saturated heterocycles. The lowest BCUT2D eigenvalue weighted by Crippen LogP contribution is -2.27. The summed E-state index contributed by atoms with van der Waals surface area (Å²) in [7, 11) is -3.59. The quantitative estimate of drug-likeness (QED) is 0.874. The van der Waals surface area contributed by atoms with E-state index in [0.29, 0.717) is 9.50 Å². The third kappa shape index (κ3) is 3.61. The molecule has 0 fully saturated rings. The molecule has 0 aliphatic rings. The Balaban J connectivity index is 2.27. The summed E-state index contributed by atoms with van der Waals surface area (Å²) < 4.78 is 27.9. The lowest BCUT2D eigenvalue weighted by Gasteiger charge is -2.16. The first-order valence-electron chi connectivity index (χ1n) is 5.92. The monoisotopic (exact) mass is 373 g/mol. The number of hydrogen-bond acceptors (Lipinski definition) is 2. The molecule has 106 valence electrons. The number of benzene rings is 2.